The first kappa shape index (κ1) is 27.1. The molecule has 0 aliphatic carbocycles. The largest absolute Gasteiger partial charge is 0.490 e. The molecule has 0 saturated carbocycles. The molecule has 0 unspecified atom stereocenters. The van der Waals surface area contributed by atoms with Crippen LogP contribution in [0.5, 0.6) is 5.75 Å². The van der Waals surface area contributed by atoms with Crippen LogP contribution >= 0.6 is 0 Å². The molecule has 2 aromatic carbocycles. The van der Waals surface area contributed by atoms with Gasteiger partial charge in [0.05, 0.1) is 24.0 Å². The van der Waals surface area contributed by atoms with Gasteiger partial charge in [0.1, 0.15) is 5.75 Å². The van der Waals surface area contributed by atoms with E-state index in [4.69, 9.17) is 10.5 Å². The highest BCUT2D eigenvalue weighted by Gasteiger charge is 2.18. The summed E-state index contributed by atoms with van der Waals surface area (Å²) in [6, 6.07) is 14.7. The summed E-state index contributed by atoms with van der Waals surface area (Å²) in [6.45, 7) is 4.70. The van der Waals surface area contributed by atoms with Gasteiger partial charge in [-0.1, -0.05) is 30.3 Å². The van der Waals surface area contributed by atoms with E-state index in [0.29, 0.717) is 30.1 Å². The minimum absolute atomic E-state index is 0.149. The molecule has 1 aromatic heterocycles. The zero-order valence-electron chi connectivity index (χ0n) is 20.6. The van der Waals surface area contributed by atoms with E-state index < -0.39 is 22.0 Å². The smallest absolute Gasteiger partial charge is 0.268 e. The van der Waals surface area contributed by atoms with Crippen LogP contribution in [0.4, 0.5) is 5.69 Å². The van der Waals surface area contributed by atoms with E-state index >= 15 is 0 Å². The van der Waals surface area contributed by atoms with Crippen LogP contribution in [-0.4, -0.2) is 49.9 Å². The molecule has 1 heterocycles. The molecule has 1 atom stereocenters. The summed E-state index contributed by atoms with van der Waals surface area (Å²) < 4.78 is 30.7. The first-order valence-electron chi connectivity index (χ1n) is 11.5. The minimum atomic E-state index is -3.70. The van der Waals surface area contributed by atoms with Crippen molar-refractivity contribution in [1.29, 1.82) is 0 Å². The van der Waals surface area contributed by atoms with E-state index in [1.807, 2.05) is 42.8 Å². The molecular formula is C26H32N4O5S. The maximum atomic E-state index is 12.4. The number of pyridine rings is 1. The van der Waals surface area contributed by atoms with Gasteiger partial charge in [-0.25, -0.2) is 13.1 Å². The maximum Gasteiger partial charge on any atom is 0.268 e. The predicted octanol–water partition coefficient (Wildman–Crippen LogP) is 2.67. The Balaban J connectivity index is 1.63. The quantitative estimate of drug-likeness (QED) is 0.287. The van der Waals surface area contributed by atoms with Crippen molar-refractivity contribution in [2.75, 3.05) is 25.1 Å². The molecule has 0 fully saturated rings. The van der Waals surface area contributed by atoms with Crippen LogP contribution in [0, 0.1) is 0 Å². The molecule has 3 aromatic rings. The van der Waals surface area contributed by atoms with Crippen LogP contribution in [0.2, 0.25) is 0 Å². The molecular weight excluding hydrogens is 480 g/mol. The van der Waals surface area contributed by atoms with E-state index in [2.05, 4.69) is 10.3 Å². The molecule has 1 amide bonds. The number of amides is 1. The van der Waals surface area contributed by atoms with Crippen molar-refractivity contribution in [1.82, 2.24) is 15.0 Å². The summed E-state index contributed by atoms with van der Waals surface area (Å²) in [4.78, 5) is 16.4. The number of anilines is 1. The van der Waals surface area contributed by atoms with Crippen LogP contribution in [0.3, 0.4) is 0 Å². The first-order valence-corrected chi connectivity index (χ1v) is 13.4. The third-order valence-corrected chi connectivity index (χ3v) is 5.88. The van der Waals surface area contributed by atoms with E-state index in [-0.39, 0.29) is 11.7 Å². The van der Waals surface area contributed by atoms with Gasteiger partial charge in [0, 0.05) is 30.2 Å². The number of aliphatic hydroxyl groups excluding tert-OH is 1. The van der Waals surface area contributed by atoms with E-state index in [1.165, 1.54) is 0 Å². The molecule has 192 valence electrons. The number of nitrogen functional groups attached to an aromatic ring is 1. The van der Waals surface area contributed by atoms with Gasteiger partial charge in [0.15, 0.2) is 0 Å². The van der Waals surface area contributed by atoms with Crippen LogP contribution < -0.4 is 20.5 Å². The fourth-order valence-electron chi connectivity index (χ4n) is 3.61. The van der Waals surface area contributed by atoms with E-state index in [0.717, 1.165) is 29.4 Å². The summed E-state index contributed by atoms with van der Waals surface area (Å²) in [5.74, 6) is -0.427. The van der Waals surface area contributed by atoms with Gasteiger partial charge < -0.3 is 20.9 Å². The number of sulfonamides is 1. The standard InChI is InChI=1S/C26H32N4O5S/c1-17(2)35-25-14-20(8-9-21(25)26(32)30-36(3,33)34)19-6-4-18(5-7-19)10-12-29-16-24(31)22-15-28-13-11-23(22)27/h4-9,11,13-15,17,24,29,31H,10,12,16H2,1-3H3,(H2,27,28)(H,30,32)/t24-/m0/s1. The normalized spacial score (nSPS) is 12.4. The Bertz CT molecular complexity index is 1290. The highest BCUT2D eigenvalue weighted by Crippen LogP contribution is 2.29. The number of nitrogens with one attached hydrogen (secondary N) is 2. The van der Waals surface area contributed by atoms with E-state index in [1.54, 1.807) is 36.7 Å². The molecule has 36 heavy (non-hydrogen) atoms. The molecule has 9 nitrogen and oxygen atoms in total. The van der Waals surface area contributed by atoms with Crippen molar-refractivity contribution < 1.29 is 23.1 Å². The number of hydrogen-bond donors (Lipinski definition) is 4. The van der Waals surface area contributed by atoms with Crippen LogP contribution in [-0.2, 0) is 16.4 Å². The maximum absolute atomic E-state index is 12.4. The van der Waals surface area contributed by atoms with Crippen molar-refractivity contribution in [3.8, 4) is 16.9 Å². The fraction of sp³-hybridized carbons (Fsp3) is 0.308. The zero-order chi connectivity index (χ0) is 26.3. The van der Waals surface area contributed by atoms with Gasteiger partial charge in [0.25, 0.3) is 5.91 Å². The summed E-state index contributed by atoms with van der Waals surface area (Å²) in [5, 5.41) is 13.5. The number of aromatic nitrogens is 1. The van der Waals surface area contributed by atoms with Crippen molar-refractivity contribution in [3.05, 3.63) is 77.6 Å². The van der Waals surface area contributed by atoms with Gasteiger partial charge >= 0.3 is 0 Å². The Morgan fingerprint density at radius 3 is 2.44 bits per heavy atom. The first-order chi connectivity index (χ1) is 17.0. The van der Waals surface area contributed by atoms with Crippen molar-refractivity contribution in [3.63, 3.8) is 0 Å². The molecule has 3 rings (SSSR count). The predicted molar refractivity (Wildman–Crippen MR) is 140 cm³/mol. The number of carbonyl (C=O) groups is 1. The van der Waals surface area contributed by atoms with Crippen LogP contribution in [0.1, 0.15) is 41.4 Å². The monoisotopic (exact) mass is 512 g/mol. The fourth-order valence-corrected chi connectivity index (χ4v) is 4.05. The zero-order valence-corrected chi connectivity index (χ0v) is 21.4. The summed E-state index contributed by atoms with van der Waals surface area (Å²) in [6.07, 6.45) is 3.92. The molecule has 5 N–H and O–H groups in total. The Labute approximate surface area is 211 Å². The van der Waals surface area contributed by atoms with Crippen molar-refractivity contribution in [2.45, 2.75) is 32.5 Å². The second-order valence-electron chi connectivity index (χ2n) is 8.75. The number of carbonyl (C=O) groups excluding carboxylic acids is 1. The number of ether oxygens (including phenoxy) is 1. The van der Waals surface area contributed by atoms with Gasteiger partial charge in [-0.3, -0.25) is 9.78 Å². The second-order valence-corrected chi connectivity index (χ2v) is 10.5. The van der Waals surface area contributed by atoms with Crippen LogP contribution in [0.15, 0.2) is 60.9 Å². The highest BCUT2D eigenvalue weighted by atomic mass is 32.2. The number of hydrogen-bond acceptors (Lipinski definition) is 8. The Morgan fingerprint density at radius 2 is 1.81 bits per heavy atom. The van der Waals surface area contributed by atoms with Gasteiger partial charge in [-0.05, 0) is 61.7 Å². The van der Waals surface area contributed by atoms with Crippen molar-refractivity contribution in [2.24, 2.45) is 0 Å². The molecule has 0 aliphatic rings. The summed E-state index contributed by atoms with van der Waals surface area (Å²) in [7, 11) is -3.70. The number of nitrogens with two attached hydrogens (primary N) is 1. The molecule has 0 bridgehead atoms. The lowest BCUT2D eigenvalue weighted by atomic mass is 10.0. The SMILES string of the molecule is CC(C)Oc1cc(-c2ccc(CCNC[C@H](O)c3cnccc3N)cc2)ccc1C(=O)NS(C)(=O)=O. The third kappa shape index (κ3) is 7.77. The lowest BCUT2D eigenvalue weighted by Gasteiger charge is -2.16. The molecule has 0 spiro atoms. The molecule has 0 aliphatic heterocycles. The highest BCUT2D eigenvalue weighted by molar-refractivity contribution is 7.89. The van der Waals surface area contributed by atoms with Gasteiger partial charge in [0.2, 0.25) is 10.0 Å². The van der Waals surface area contributed by atoms with Gasteiger partial charge in [-0.15, -0.1) is 0 Å². The van der Waals surface area contributed by atoms with E-state index in [9.17, 15) is 18.3 Å². The Kier molecular flexibility index (Phi) is 9.03. The van der Waals surface area contributed by atoms with Crippen LogP contribution in [0.25, 0.3) is 11.1 Å². The lowest BCUT2D eigenvalue weighted by Crippen LogP contribution is -2.30. The molecule has 10 heteroatoms. The number of benzene rings is 2. The third-order valence-electron chi connectivity index (χ3n) is 5.33. The summed E-state index contributed by atoms with van der Waals surface area (Å²) in [5.41, 5.74) is 10.0. The van der Waals surface area contributed by atoms with Crippen molar-refractivity contribution >= 4 is 21.6 Å². The number of aliphatic hydroxyl groups is 1. The summed E-state index contributed by atoms with van der Waals surface area (Å²) >= 11 is 0. The Hall–Kier alpha value is -3.47. The average molecular weight is 513 g/mol. The lowest BCUT2D eigenvalue weighted by molar-refractivity contribution is 0.0976. The average Bonchev–Trinajstić information content (AvgIpc) is 2.81. The number of nitrogens with zero attached hydrogens (tertiary/aromatic N) is 1. The topological polar surface area (TPSA) is 144 Å². The number of rotatable bonds is 11. The minimum Gasteiger partial charge on any atom is -0.490 e. The second kappa shape index (κ2) is 12.0. The Morgan fingerprint density at radius 1 is 1.11 bits per heavy atom. The van der Waals surface area contributed by atoms with Gasteiger partial charge in [-0.2, -0.15) is 0 Å². The molecule has 0 radical (unpaired) electrons. The molecule has 0 saturated heterocycles.